The number of rotatable bonds is 1. The molecule has 0 atom stereocenters. The molecular weight excluding hydrogens is 208 g/mol. The SMILES string of the molecule is Nc1nc(N2CC=CCCC2)nc(N)[n+]1[O-]. The van der Waals surface area contributed by atoms with Gasteiger partial charge in [-0.3, -0.25) is 0 Å². The van der Waals surface area contributed by atoms with Crippen LogP contribution in [0.2, 0.25) is 0 Å². The topological polar surface area (TPSA) is 108 Å². The van der Waals surface area contributed by atoms with Crippen LogP contribution in [-0.4, -0.2) is 23.1 Å². The number of nitrogen functional groups attached to an aromatic ring is 2. The zero-order chi connectivity index (χ0) is 11.5. The molecule has 0 saturated carbocycles. The van der Waals surface area contributed by atoms with Gasteiger partial charge in [0.2, 0.25) is 0 Å². The Morgan fingerprint density at radius 1 is 1.25 bits per heavy atom. The summed E-state index contributed by atoms with van der Waals surface area (Å²) in [6.07, 6.45) is 6.21. The van der Waals surface area contributed by atoms with Crippen molar-refractivity contribution in [2.24, 2.45) is 0 Å². The summed E-state index contributed by atoms with van der Waals surface area (Å²) < 4.78 is 0.317. The third-order valence-corrected chi connectivity index (χ3v) is 2.42. The standard InChI is InChI=1S/C9H14N6O/c10-7-12-9(13-8(11)15(7)16)14-5-3-1-2-4-6-14/h1,3H,2,4-6H2,(H4,10,11,12,13). The summed E-state index contributed by atoms with van der Waals surface area (Å²) in [5.74, 6) is 0.0695. The van der Waals surface area contributed by atoms with Gasteiger partial charge in [0.05, 0.1) is 0 Å². The maximum atomic E-state index is 11.2. The van der Waals surface area contributed by atoms with Crippen LogP contribution in [0.15, 0.2) is 12.2 Å². The first-order valence-corrected chi connectivity index (χ1v) is 5.11. The van der Waals surface area contributed by atoms with E-state index in [0.29, 0.717) is 17.2 Å². The Labute approximate surface area is 93.0 Å². The predicted octanol–water partition coefficient (Wildman–Crippen LogP) is -0.569. The van der Waals surface area contributed by atoms with Gasteiger partial charge in [0.25, 0.3) is 0 Å². The molecule has 0 bridgehead atoms. The highest BCUT2D eigenvalue weighted by molar-refractivity contribution is 5.36. The first kappa shape index (κ1) is 10.5. The summed E-state index contributed by atoms with van der Waals surface area (Å²) in [7, 11) is 0. The molecule has 1 aromatic heterocycles. The van der Waals surface area contributed by atoms with E-state index in [1.807, 2.05) is 11.0 Å². The van der Waals surface area contributed by atoms with Crippen molar-refractivity contribution < 1.29 is 4.73 Å². The Kier molecular flexibility index (Phi) is 2.76. The van der Waals surface area contributed by atoms with E-state index in [2.05, 4.69) is 16.0 Å². The van der Waals surface area contributed by atoms with E-state index in [0.717, 1.165) is 19.4 Å². The average molecular weight is 222 g/mol. The van der Waals surface area contributed by atoms with Crippen LogP contribution in [0, 0.1) is 5.21 Å². The van der Waals surface area contributed by atoms with E-state index >= 15 is 0 Å². The van der Waals surface area contributed by atoms with Gasteiger partial charge in [0.15, 0.2) is 0 Å². The fourth-order valence-corrected chi connectivity index (χ4v) is 1.57. The van der Waals surface area contributed by atoms with E-state index in [1.54, 1.807) is 0 Å². The molecule has 0 unspecified atom stereocenters. The normalized spacial score (nSPS) is 16.1. The smallest absolute Gasteiger partial charge is 0.323 e. The van der Waals surface area contributed by atoms with Crippen molar-refractivity contribution in [1.82, 2.24) is 9.97 Å². The number of nitrogens with two attached hydrogens (primary N) is 2. The molecule has 1 aliphatic heterocycles. The second-order valence-electron chi connectivity index (χ2n) is 3.59. The highest BCUT2D eigenvalue weighted by Gasteiger charge is 2.17. The molecule has 1 aliphatic rings. The fourth-order valence-electron chi connectivity index (χ4n) is 1.57. The van der Waals surface area contributed by atoms with Crippen molar-refractivity contribution in [2.45, 2.75) is 12.8 Å². The Bertz CT molecular complexity index is 395. The summed E-state index contributed by atoms with van der Waals surface area (Å²) >= 11 is 0. The number of hydrogen-bond acceptors (Lipinski definition) is 6. The van der Waals surface area contributed by atoms with Crippen molar-refractivity contribution in [3.8, 4) is 0 Å². The molecule has 0 radical (unpaired) electrons. The van der Waals surface area contributed by atoms with Crippen LogP contribution < -0.4 is 21.1 Å². The van der Waals surface area contributed by atoms with Gasteiger partial charge in [-0.1, -0.05) is 22.1 Å². The molecule has 0 spiro atoms. The Balaban J connectivity index is 2.29. The third kappa shape index (κ3) is 1.97. The predicted molar refractivity (Wildman–Crippen MR) is 60.4 cm³/mol. The van der Waals surface area contributed by atoms with Crippen LogP contribution in [0.25, 0.3) is 0 Å². The molecule has 4 N–H and O–H groups in total. The number of hydrogen-bond donors (Lipinski definition) is 2. The van der Waals surface area contributed by atoms with Gasteiger partial charge >= 0.3 is 17.8 Å². The fraction of sp³-hybridized carbons (Fsp3) is 0.444. The summed E-state index contributed by atoms with van der Waals surface area (Å²) in [5, 5.41) is 11.2. The number of nitrogens with zero attached hydrogens (tertiary/aromatic N) is 4. The summed E-state index contributed by atoms with van der Waals surface area (Å²) in [6, 6.07) is 0. The lowest BCUT2D eigenvalue weighted by Gasteiger charge is -2.18. The molecule has 7 heteroatoms. The van der Waals surface area contributed by atoms with Crippen molar-refractivity contribution in [3.05, 3.63) is 17.4 Å². The average Bonchev–Trinajstić information content (AvgIpc) is 2.53. The molecule has 0 amide bonds. The third-order valence-electron chi connectivity index (χ3n) is 2.42. The van der Waals surface area contributed by atoms with E-state index in [1.165, 1.54) is 0 Å². The molecule has 1 aromatic rings. The summed E-state index contributed by atoms with van der Waals surface area (Å²) in [4.78, 5) is 9.80. The lowest BCUT2D eigenvalue weighted by atomic mass is 10.3. The molecule has 0 aliphatic carbocycles. The summed E-state index contributed by atoms with van der Waals surface area (Å²) in [6.45, 7) is 1.54. The van der Waals surface area contributed by atoms with Crippen LogP contribution in [0.4, 0.5) is 17.8 Å². The number of aromatic nitrogens is 3. The second-order valence-corrected chi connectivity index (χ2v) is 3.59. The molecule has 0 aromatic carbocycles. The zero-order valence-corrected chi connectivity index (χ0v) is 8.83. The number of anilines is 3. The van der Waals surface area contributed by atoms with Crippen molar-refractivity contribution in [2.75, 3.05) is 29.5 Å². The van der Waals surface area contributed by atoms with Crippen LogP contribution in [0.1, 0.15) is 12.8 Å². The first-order chi connectivity index (χ1) is 7.68. The Hall–Kier alpha value is -2.05. The van der Waals surface area contributed by atoms with E-state index in [4.69, 9.17) is 11.5 Å². The van der Waals surface area contributed by atoms with Gasteiger partial charge < -0.3 is 21.6 Å². The van der Waals surface area contributed by atoms with Crippen molar-refractivity contribution in [1.29, 1.82) is 0 Å². The molecule has 0 saturated heterocycles. The minimum Gasteiger partial charge on any atom is -0.762 e. The minimum absolute atomic E-state index is 0.171. The van der Waals surface area contributed by atoms with Gasteiger partial charge in [0.1, 0.15) is 0 Å². The molecule has 0 fully saturated rings. The van der Waals surface area contributed by atoms with Crippen LogP contribution >= 0.6 is 0 Å². The highest BCUT2D eigenvalue weighted by Crippen LogP contribution is 2.12. The van der Waals surface area contributed by atoms with Crippen LogP contribution in [0.5, 0.6) is 0 Å². The largest absolute Gasteiger partial charge is 0.762 e. The van der Waals surface area contributed by atoms with Gasteiger partial charge in [-0.25, -0.2) is 4.73 Å². The van der Waals surface area contributed by atoms with Crippen LogP contribution in [-0.2, 0) is 0 Å². The second kappa shape index (κ2) is 4.21. The zero-order valence-electron chi connectivity index (χ0n) is 8.83. The number of allylic oxidation sites excluding steroid dienone is 1. The lowest BCUT2D eigenvalue weighted by Crippen LogP contribution is -2.38. The Morgan fingerprint density at radius 3 is 2.62 bits per heavy atom. The molecular formula is C9H14N6O. The molecule has 2 rings (SSSR count). The monoisotopic (exact) mass is 222 g/mol. The van der Waals surface area contributed by atoms with Crippen LogP contribution in [0.3, 0.4) is 0 Å². The lowest BCUT2D eigenvalue weighted by molar-refractivity contribution is -0.579. The first-order valence-electron chi connectivity index (χ1n) is 5.11. The molecule has 2 heterocycles. The van der Waals surface area contributed by atoms with Gasteiger partial charge in [-0.2, -0.15) is 0 Å². The highest BCUT2D eigenvalue weighted by atomic mass is 16.5. The maximum Gasteiger partial charge on any atom is 0.323 e. The van der Waals surface area contributed by atoms with E-state index in [-0.39, 0.29) is 11.9 Å². The van der Waals surface area contributed by atoms with Gasteiger partial charge in [-0.05, 0) is 12.8 Å². The molecule has 86 valence electrons. The van der Waals surface area contributed by atoms with Crippen molar-refractivity contribution >= 4 is 17.8 Å². The quantitative estimate of drug-likeness (QED) is 0.374. The molecule has 16 heavy (non-hydrogen) atoms. The van der Waals surface area contributed by atoms with E-state index < -0.39 is 0 Å². The minimum atomic E-state index is -0.171. The Morgan fingerprint density at radius 2 is 1.94 bits per heavy atom. The molecule has 7 nitrogen and oxygen atoms in total. The maximum absolute atomic E-state index is 11.2. The summed E-state index contributed by atoms with van der Waals surface area (Å²) in [5.41, 5.74) is 10.9. The van der Waals surface area contributed by atoms with Crippen molar-refractivity contribution in [3.63, 3.8) is 0 Å². The van der Waals surface area contributed by atoms with Gasteiger partial charge in [0, 0.05) is 13.1 Å². The van der Waals surface area contributed by atoms with Gasteiger partial charge in [-0.15, -0.1) is 0 Å². The van der Waals surface area contributed by atoms with E-state index in [9.17, 15) is 5.21 Å².